The Morgan fingerprint density at radius 1 is 0.967 bits per heavy atom. The molecule has 5 nitrogen and oxygen atoms in total. The number of amides is 1. The maximum absolute atomic E-state index is 12.8. The Balaban J connectivity index is 1.45. The molecule has 1 aliphatic heterocycles. The molecular weight excluding hydrogens is 378 g/mol. The van der Waals surface area contributed by atoms with Crippen LogP contribution >= 0.6 is 0 Å². The Kier molecular flexibility index (Phi) is 5.72. The summed E-state index contributed by atoms with van der Waals surface area (Å²) in [4.78, 5) is 12.8. The van der Waals surface area contributed by atoms with Crippen molar-refractivity contribution in [1.29, 1.82) is 0 Å². The number of hydrogen-bond donors (Lipinski definition) is 2. The molecule has 3 aromatic carbocycles. The number of nitrogens with one attached hydrogen (secondary N) is 1. The summed E-state index contributed by atoms with van der Waals surface area (Å²) >= 11 is 0. The van der Waals surface area contributed by atoms with Crippen LogP contribution in [0.2, 0.25) is 0 Å². The number of benzene rings is 3. The monoisotopic (exact) mass is 403 g/mol. The van der Waals surface area contributed by atoms with Gasteiger partial charge in [-0.2, -0.15) is 0 Å². The molecule has 154 valence electrons. The smallest absolute Gasteiger partial charge is 0.231 e. The van der Waals surface area contributed by atoms with Crippen molar-refractivity contribution in [3.05, 3.63) is 95.6 Å². The Bertz CT molecular complexity index is 963. The number of carbonyl (C=O) groups excluding carboxylic acids is 1. The van der Waals surface area contributed by atoms with Crippen LogP contribution < -0.4 is 14.8 Å². The highest BCUT2D eigenvalue weighted by atomic mass is 16.7. The molecule has 0 saturated heterocycles. The maximum atomic E-state index is 12.8. The van der Waals surface area contributed by atoms with Crippen LogP contribution in [0.1, 0.15) is 36.0 Å². The van der Waals surface area contributed by atoms with Gasteiger partial charge in [0.05, 0.1) is 6.54 Å². The molecule has 2 N–H and O–H groups in total. The Hall–Kier alpha value is -3.31. The maximum Gasteiger partial charge on any atom is 0.231 e. The molecule has 4 rings (SSSR count). The average molecular weight is 403 g/mol. The normalized spacial score (nSPS) is 14.4. The van der Waals surface area contributed by atoms with Gasteiger partial charge in [0.2, 0.25) is 12.7 Å². The lowest BCUT2D eigenvalue weighted by molar-refractivity contribution is -0.122. The van der Waals surface area contributed by atoms with Gasteiger partial charge in [-0.15, -0.1) is 0 Å². The van der Waals surface area contributed by atoms with Gasteiger partial charge in [0.25, 0.3) is 0 Å². The van der Waals surface area contributed by atoms with Gasteiger partial charge in [0, 0.05) is 12.3 Å². The molecule has 1 aliphatic rings. The topological polar surface area (TPSA) is 67.8 Å². The van der Waals surface area contributed by atoms with Crippen molar-refractivity contribution in [2.75, 3.05) is 13.3 Å². The second kappa shape index (κ2) is 8.59. The molecule has 1 atom stereocenters. The van der Waals surface area contributed by atoms with Crippen molar-refractivity contribution < 1.29 is 19.4 Å². The quantitative estimate of drug-likeness (QED) is 0.627. The van der Waals surface area contributed by atoms with Gasteiger partial charge in [0.1, 0.15) is 5.60 Å². The molecule has 3 aromatic rings. The van der Waals surface area contributed by atoms with Gasteiger partial charge in [-0.1, -0.05) is 66.7 Å². The van der Waals surface area contributed by atoms with Gasteiger partial charge >= 0.3 is 0 Å². The Morgan fingerprint density at radius 3 is 2.20 bits per heavy atom. The van der Waals surface area contributed by atoms with Crippen molar-refractivity contribution in [1.82, 2.24) is 5.32 Å². The van der Waals surface area contributed by atoms with Crippen LogP contribution in [0.25, 0.3) is 0 Å². The SMILES string of the molecule is CC(O)(CNC(=O)CC(c1ccccc1)c1ccccc1)c1ccc2c(c1)OCO2. The van der Waals surface area contributed by atoms with E-state index in [-0.39, 0.29) is 25.2 Å². The van der Waals surface area contributed by atoms with E-state index in [9.17, 15) is 9.90 Å². The molecule has 1 unspecified atom stereocenters. The highest BCUT2D eigenvalue weighted by molar-refractivity contribution is 5.77. The van der Waals surface area contributed by atoms with E-state index in [1.54, 1.807) is 25.1 Å². The molecule has 5 heteroatoms. The van der Waals surface area contributed by atoms with Crippen molar-refractivity contribution >= 4 is 5.91 Å². The van der Waals surface area contributed by atoms with E-state index in [0.717, 1.165) is 11.1 Å². The third kappa shape index (κ3) is 4.47. The van der Waals surface area contributed by atoms with Gasteiger partial charge < -0.3 is 19.9 Å². The summed E-state index contributed by atoms with van der Waals surface area (Å²) in [5, 5.41) is 13.8. The van der Waals surface area contributed by atoms with Gasteiger partial charge in [-0.05, 0) is 35.7 Å². The number of carbonyl (C=O) groups is 1. The van der Waals surface area contributed by atoms with E-state index in [0.29, 0.717) is 23.5 Å². The minimum absolute atomic E-state index is 0.0529. The number of aliphatic hydroxyl groups is 1. The molecular formula is C25H25NO4. The first kappa shape index (κ1) is 20.0. The fraction of sp³-hybridized carbons (Fsp3) is 0.240. The van der Waals surface area contributed by atoms with E-state index in [4.69, 9.17) is 9.47 Å². The summed E-state index contributed by atoms with van der Waals surface area (Å²) in [6.45, 7) is 1.95. The zero-order chi connectivity index (χ0) is 21.0. The first-order chi connectivity index (χ1) is 14.5. The van der Waals surface area contributed by atoms with Crippen LogP contribution in [0.4, 0.5) is 0 Å². The van der Waals surface area contributed by atoms with Crippen LogP contribution in [-0.2, 0) is 10.4 Å². The summed E-state index contributed by atoms with van der Waals surface area (Å²) in [6.07, 6.45) is 0.297. The predicted octanol–water partition coefficient (Wildman–Crippen LogP) is 3.96. The van der Waals surface area contributed by atoms with Crippen LogP contribution in [0.3, 0.4) is 0 Å². The van der Waals surface area contributed by atoms with E-state index >= 15 is 0 Å². The molecule has 0 aliphatic carbocycles. The second-order valence-corrected chi connectivity index (χ2v) is 7.70. The number of fused-ring (bicyclic) bond motifs is 1. The minimum atomic E-state index is -1.23. The highest BCUT2D eigenvalue weighted by Gasteiger charge is 2.27. The van der Waals surface area contributed by atoms with E-state index in [2.05, 4.69) is 5.32 Å². The molecule has 0 bridgehead atoms. The summed E-state index contributed by atoms with van der Waals surface area (Å²) in [6, 6.07) is 25.3. The molecule has 0 spiro atoms. The molecule has 0 saturated carbocycles. The summed E-state index contributed by atoms with van der Waals surface area (Å²) in [5.74, 6) is 1.09. The lowest BCUT2D eigenvalue weighted by atomic mass is 9.88. The molecule has 0 aromatic heterocycles. The molecule has 0 fully saturated rings. The van der Waals surface area contributed by atoms with Crippen LogP contribution in [0.15, 0.2) is 78.9 Å². The second-order valence-electron chi connectivity index (χ2n) is 7.70. The number of hydrogen-bond acceptors (Lipinski definition) is 4. The van der Waals surface area contributed by atoms with Crippen LogP contribution in [-0.4, -0.2) is 24.4 Å². The lowest BCUT2D eigenvalue weighted by Crippen LogP contribution is -2.39. The van der Waals surface area contributed by atoms with Crippen molar-refractivity contribution in [2.24, 2.45) is 0 Å². The first-order valence-electron chi connectivity index (χ1n) is 10.0. The Labute approximate surface area is 176 Å². The van der Waals surface area contributed by atoms with E-state index < -0.39 is 5.60 Å². The van der Waals surface area contributed by atoms with Crippen LogP contribution in [0, 0.1) is 0 Å². The van der Waals surface area contributed by atoms with E-state index in [1.807, 2.05) is 60.7 Å². The number of ether oxygens (including phenoxy) is 2. The van der Waals surface area contributed by atoms with Gasteiger partial charge in [0.15, 0.2) is 11.5 Å². The fourth-order valence-corrected chi connectivity index (χ4v) is 3.66. The fourth-order valence-electron chi connectivity index (χ4n) is 3.66. The summed E-state index contributed by atoms with van der Waals surface area (Å²) < 4.78 is 10.7. The molecule has 30 heavy (non-hydrogen) atoms. The molecule has 0 radical (unpaired) electrons. The van der Waals surface area contributed by atoms with Gasteiger partial charge in [-0.3, -0.25) is 4.79 Å². The zero-order valence-electron chi connectivity index (χ0n) is 16.9. The predicted molar refractivity (Wildman–Crippen MR) is 114 cm³/mol. The zero-order valence-corrected chi connectivity index (χ0v) is 16.9. The van der Waals surface area contributed by atoms with Crippen molar-refractivity contribution in [3.63, 3.8) is 0 Å². The largest absolute Gasteiger partial charge is 0.454 e. The third-order valence-corrected chi connectivity index (χ3v) is 5.42. The average Bonchev–Trinajstić information content (AvgIpc) is 3.25. The number of rotatable bonds is 7. The standard InChI is InChI=1S/C25H25NO4/c1-25(28,20-12-13-22-23(14-20)30-17-29-22)16-26-24(27)15-21(18-8-4-2-5-9-18)19-10-6-3-7-11-19/h2-14,21,28H,15-17H2,1H3,(H,26,27). The van der Waals surface area contributed by atoms with E-state index in [1.165, 1.54) is 0 Å². The van der Waals surface area contributed by atoms with Crippen LogP contribution in [0.5, 0.6) is 11.5 Å². The van der Waals surface area contributed by atoms with Crippen molar-refractivity contribution in [3.8, 4) is 11.5 Å². The highest BCUT2D eigenvalue weighted by Crippen LogP contribution is 2.35. The lowest BCUT2D eigenvalue weighted by Gasteiger charge is -2.25. The molecule has 1 heterocycles. The third-order valence-electron chi connectivity index (χ3n) is 5.42. The van der Waals surface area contributed by atoms with Crippen molar-refractivity contribution in [2.45, 2.75) is 24.9 Å². The Morgan fingerprint density at radius 2 is 1.57 bits per heavy atom. The molecule has 1 amide bonds. The minimum Gasteiger partial charge on any atom is -0.454 e. The van der Waals surface area contributed by atoms with Gasteiger partial charge in [-0.25, -0.2) is 0 Å². The summed E-state index contributed by atoms with van der Waals surface area (Å²) in [5.41, 5.74) is 1.60. The first-order valence-corrected chi connectivity index (χ1v) is 10.0. The summed E-state index contributed by atoms with van der Waals surface area (Å²) in [7, 11) is 0.